The summed E-state index contributed by atoms with van der Waals surface area (Å²) >= 11 is 0. The van der Waals surface area contributed by atoms with Gasteiger partial charge in [0.1, 0.15) is 18.2 Å². The van der Waals surface area contributed by atoms with Crippen LogP contribution in [0.15, 0.2) is 41.2 Å². The number of nitrogens with two attached hydrogens (primary N) is 1. The number of carbonyl (C=O) groups is 1. The normalized spacial score (nSPS) is 16.2. The number of nitrogen functional groups attached to an aromatic ring is 1. The molecule has 1 unspecified atom stereocenters. The van der Waals surface area contributed by atoms with E-state index < -0.39 is 19.0 Å². The Morgan fingerprint density at radius 2 is 2.05 bits per heavy atom. The third-order valence-corrected chi connectivity index (χ3v) is 6.53. The maximum Gasteiger partial charge on any atom is 0.317 e. The number of aromatic nitrogens is 4. The van der Waals surface area contributed by atoms with Crippen molar-refractivity contribution in [2.75, 3.05) is 25.4 Å². The molecule has 0 spiro atoms. The van der Waals surface area contributed by atoms with Crippen molar-refractivity contribution in [2.45, 2.75) is 38.3 Å². The fourth-order valence-corrected chi connectivity index (χ4v) is 4.87. The number of ether oxygens (including phenoxy) is 1. The molecule has 194 valence electrons. The zero-order chi connectivity index (χ0) is 26.1. The molecule has 1 fully saturated rings. The minimum atomic E-state index is -2.62. The Morgan fingerprint density at radius 1 is 1.27 bits per heavy atom. The molecule has 1 saturated heterocycles. The van der Waals surface area contributed by atoms with Crippen molar-refractivity contribution in [2.24, 2.45) is 0 Å². The van der Waals surface area contributed by atoms with Crippen molar-refractivity contribution in [3.8, 4) is 5.75 Å². The van der Waals surface area contributed by atoms with Gasteiger partial charge in [-0.05, 0) is 31.5 Å². The number of nitrogens with one attached hydrogen (secondary N) is 1. The first-order chi connectivity index (χ1) is 17.8. The molecule has 2 aromatic carbocycles. The van der Waals surface area contributed by atoms with E-state index in [2.05, 4.69) is 15.1 Å². The van der Waals surface area contributed by atoms with Crippen LogP contribution >= 0.6 is 0 Å². The average molecular weight is 513 g/mol. The summed E-state index contributed by atoms with van der Waals surface area (Å²) in [4.78, 5) is 34.1. The monoisotopic (exact) mass is 512 g/mol. The lowest BCUT2D eigenvalue weighted by molar-refractivity contribution is -0.138. The number of benzene rings is 2. The molecular formula is C25H26F2N6O4. The highest BCUT2D eigenvalue weighted by molar-refractivity contribution is 5.85. The van der Waals surface area contributed by atoms with Crippen LogP contribution in [0.2, 0.25) is 0 Å². The quantitative estimate of drug-likeness (QED) is 0.291. The van der Waals surface area contributed by atoms with Crippen molar-refractivity contribution < 1.29 is 23.4 Å². The number of fused-ring (bicyclic) bond motifs is 2. The van der Waals surface area contributed by atoms with Gasteiger partial charge in [0.05, 0.1) is 47.3 Å². The number of alkyl halides is 2. The van der Waals surface area contributed by atoms with Crippen LogP contribution in [0.3, 0.4) is 0 Å². The average Bonchev–Trinajstić information content (AvgIpc) is 3.45. The SMILES string of the molecule is Nc1cc2[nH]c(Cc3nn(CC4CCCN4CC(=O)O)c(=O)c4ccccc34)nc2cc1OCC(F)F. The molecule has 1 atom stereocenters. The molecule has 4 aromatic rings. The number of aliphatic carboxylic acids is 1. The Kier molecular flexibility index (Phi) is 6.74. The van der Waals surface area contributed by atoms with Gasteiger partial charge in [-0.25, -0.2) is 18.4 Å². The Balaban J connectivity index is 1.48. The summed E-state index contributed by atoms with van der Waals surface area (Å²) in [6.07, 6.45) is -0.713. The third kappa shape index (κ3) is 5.24. The van der Waals surface area contributed by atoms with Gasteiger partial charge in [-0.3, -0.25) is 14.5 Å². The number of H-pyrrole nitrogens is 1. The highest BCUT2D eigenvalue weighted by atomic mass is 19.3. The molecule has 10 nitrogen and oxygen atoms in total. The van der Waals surface area contributed by atoms with E-state index in [-0.39, 0.29) is 42.5 Å². The number of anilines is 1. The second-order valence-corrected chi connectivity index (χ2v) is 9.11. The van der Waals surface area contributed by atoms with Gasteiger partial charge in [-0.2, -0.15) is 5.10 Å². The van der Waals surface area contributed by atoms with Crippen molar-refractivity contribution >= 4 is 33.5 Å². The maximum absolute atomic E-state index is 13.2. The molecule has 0 aliphatic carbocycles. The zero-order valence-electron chi connectivity index (χ0n) is 19.9. The van der Waals surface area contributed by atoms with E-state index >= 15 is 0 Å². The van der Waals surface area contributed by atoms with Gasteiger partial charge in [-0.15, -0.1) is 0 Å². The predicted octanol–water partition coefficient (Wildman–Crippen LogP) is 2.64. The number of nitrogens with zero attached hydrogens (tertiary/aromatic N) is 4. The fraction of sp³-hybridized carbons (Fsp3) is 0.360. The summed E-state index contributed by atoms with van der Waals surface area (Å²) in [7, 11) is 0. The number of hydrogen-bond acceptors (Lipinski definition) is 7. The maximum atomic E-state index is 13.2. The summed E-state index contributed by atoms with van der Waals surface area (Å²) in [6, 6.07) is 10.2. The number of aromatic amines is 1. The number of halogens is 2. The molecule has 12 heteroatoms. The van der Waals surface area contributed by atoms with Gasteiger partial charge < -0.3 is 20.6 Å². The summed E-state index contributed by atoms with van der Waals surface area (Å²) in [5.74, 6) is -0.221. The molecule has 4 N–H and O–H groups in total. The Labute approximate surface area is 209 Å². The van der Waals surface area contributed by atoms with E-state index in [4.69, 9.17) is 10.5 Å². The van der Waals surface area contributed by atoms with Crippen molar-refractivity contribution in [1.82, 2.24) is 24.6 Å². The van der Waals surface area contributed by atoms with E-state index in [1.807, 2.05) is 17.0 Å². The largest absolute Gasteiger partial charge is 0.485 e. The summed E-state index contributed by atoms with van der Waals surface area (Å²) in [5.41, 5.74) is 7.67. The van der Waals surface area contributed by atoms with Crippen LogP contribution in [0.4, 0.5) is 14.5 Å². The topological polar surface area (TPSA) is 139 Å². The predicted molar refractivity (Wildman–Crippen MR) is 133 cm³/mol. The lowest BCUT2D eigenvalue weighted by Gasteiger charge is -2.23. The van der Waals surface area contributed by atoms with Crippen molar-refractivity contribution in [3.63, 3.8) is 0 Å². The van der Waals surface area contributed by atoms with Crippen LogP contribution in [0.1, 0.15) is 24.4 Å². The van der Waals surface area contributed by atoms with Crippen LogP contribution in [0.25, 0.3) is 21.8 Å². The Bertz CT molecular complexity index is 1520. The number of likely N-dealkylation sites (tertiary alicyclic amines) is 1. The van der Waals surface area contributed by atoms with Crippen LogP contribution < -0.4 is 16.0 Å². The van der Waals surface area contributed by atoms with Crippen molar-refractivity contribution in [3.05, 3.63) is 58.3 Å². The lowest BCUT2D eigenvalue weighted by Crippen LogP contribution is -2.40. The molecule has 0 bridgehead atoms. The van der Waals surface area contributed by atoms with E-state index in [9.17, 15) is 23.5 Å². The molecular weight excluding hydrogens is 486 g/mol. The third-order valence-electron chi connectivity index (χ3n) is 6.53. The van der Waals surface area contributed by atoms with E-state index in [0.29, 0.717) is 39.9 Å². The van der Waals surface area contributed by atoms with Gasteiger partial charge in [0.25, 0.3) is 12.0 Å². The number of imidazole rings is 1. The van der Waals surface area contributed by atoms with E-state index in [0.717, 1.165) is 12.8 Å². The van der Waals surface area contributed by atoms with Crippen molar-refractivity contribution in [1.29, 1.82) is 0 Å². The number of carboxylic acid groups (broad SMARTS) is 1. The summed E-state index contributed by atoms with van der Waals surface area (Å²) in [5, 5.41) is 15.1. The highest BCUT2D eigenvalue weighted by Gasteiger charge is 2.27. The standard InChI is InChI=1S/C25H26F2N6O4/c26-22(27)13-37-21-9-20-19(8-17(21)28)29-23(30-20)10-18-15-5-1-2-6-16(15)25(36)33(31-18)11-14-4-3-7-32(14)12-24(34)35/h1-2,5-6,8-9,14,22H,3-4,7,10-13,28H2,(H,29,30)(H,34,35). The Morgan fingerprint density at radius 3 is 2.81 bits per heavy atom. The molecule has 0 saturated carbocycles. The molecule has 5 rings (SSSR count). The molecule has 2 aromatic heterocycles. The van der Waals surface area contributed by atoms with Crippen LogP contribution in [-0.4, -0.2) is 67.9 Å². The van der Waals surface area contributed by atoms with Gasteiger partial charge >= 0.3 is 5.97 Å². The van der Waals surface area contributed by atoms with E-state index in [1.165, 1.54) is 10.7 Å². The van der Waals surface area contributed by atoms with E-state index in [1.54, 1.807) is 18.2 Å². The first kappa shape index (κ1) is 24.6. The fourth-order valence-electron chi connectivity index (χ4n) is 4.87. The van der Waals surface area contributed by atoms with Crippen LogP contribution in [0, 0.1) is 0 Å². The second-order valence-electron chi connectivity index (χ2n) is 9.11. The van der Waals surface area contributed by atoms with Gasteiger partial charge in [0, 0.05) is 17.5 Å². The number of carboxylic acids is 1. The number of hydrogen-bond donors (Lipinski definition) is 3. The molecule has 1 aliphatic heterocycles. The molecule has 0 radical (unpaired) electrons. The highest BCUT2D eigenvalue weighted by Crippen LogP contribution is 2.28. The first-order valence-corrected chi connectivity index (χ1v) is 11.9. The summed E-state index contributed by atoms with van der Waals surface area (Å²) in [6.45, 7) is 0.100. The summed E-state index contributed by atoms with van der Waals surface area (Å²) < 4.78 is 31.6. The molecule has 0 amide bonds. The smallest absolute Gasteiger partial charge is 0.317 e. The minimum Gasteiger partial charge on any atom is -0.485 e. The van der Waals surface area contributed by atoms with Gasteiger partial charge in [0.15, 0.2) is 0 Å². The Hall–Kier alpha value is -4.06. The zero-order valence-corrected chi connectivity index (χ0v) is 19.9. The number of rotatable bonds is 9. The van der Waals surface area contributed by atoms with Gasteiger partial charge in [0.2, 0.25) is 0 Å². The second kappa shape index (κ2) is 10.1. The van der Waals surface area contributed by atoms with Crippen LogP contribution in [0.5, 0.6) is 5.75 Å². The molecule has 1 aliphatic rings. The lowest BCUT2D eigenvalue weighted by atomic mass is 10.1. The molecule has 37 heavy (non-hydrogen) atoms. The molecule has 3 heterocycles. The minimum absolute atomic E-state index is 0.0784. The van der Waals surface area contributed by atoms with Gasteiger partial charge in [-0.1, -0.05) is 18.2 Å². The van der Waals surface area contributed by atoms with Crippen LogP contribution in [-0.2, 0) is 17.8 Å². The first-order valence-electron chi connectivity index (χ1n) is 11.9.